The predicted molar refractivity (Wildman–Crippen MR) is 70.3 cm³/mol. The number of rotatable bonds is 3. The number of carbonyl (C=O) groups is 1. The van der Waals surface area contributed by atoms with E-state index >= 15 is 0 Å². The number of nitrogens with zero attached hydrogens (tertiary/aromatic N) is 2. The number of amides is 1. The lowest BCUT2D eigenvalue weighted by Gasteiger charge is -2.05. The van der Waals surface area contributed by atoms with Crippen molar-refractivity contribution in [2.45, 2.75) is 27.2 Å². The largest absolute Gasteiger partial charge is 0.305 e. The molecular weight excluding hydrogens is 246 g/mol. The van der Waals surface area contributed by atoms with Gasteiger partial charge in [-0.25, -0.2) is 5.10 Å². The van der Waals surface area contributed by atoms with Crippen LogP contribution >= 0.6 is 0 Å². The molecule has 2 aromatic heterocycles. The van der Waals surface area contributed by atoms with Gasteiger partial charge in [0.1, 0.15) is 5.56 Å². The number of aromatic nitrogens is 4. The highest BCUT2D eigenvalue weighted by molar-refractivity contribution is 6.04. The van der Waals surface area contributed by atoms with Crippen molar-refractivity contribution in [3.05, 3.63) is 38.9 Å². The highest BCUT2D eigenvalue weighted by Gasteiger charge is 2.17. The van der Waals surface area contributed by atoms with E-state index in [-0.39, 0.29) is 5.56 Å². The van der Waals surface area contributed by atoms with Gasteiger partial charge in [0.2, 0.25) is 0 Å². The Morgan fingerprint density at radius 2 is 2.05 bits per heavy atom. The van der Waals surface area contributed by atoms with Gasteiger partial charge in [0.25, 0.3) is 11.5 Å². The molecule has 0 radical (unpaired) electrons. The molecule has 0 bridgehead atoms. The maximum atomic E-state index is 12.1. The van der Waals surface area contributed by atoms with Gasteiger partial charge in [-0.15, -0.1) is 0 Å². The molecule has 3 N–H and O–H groups in total. The smallest absolute Gasteiger partial charge is 0.277 e. The van der Waals surface area contributed by atoms with Crippen LogP contribution in [-0.2, 0) is 6.42 Å². The number of aromatic amines is 2. The summed E-state index contributed by atoms with van der Waals surface area (Å²) in [4.78, 5) is 23.8. The van der Waals surface area contributed by atoms with Gasteiger partial charge in [-0.2, -0.15) is 10.2 Å². The fraction of sp³-hybridized carbons (Fsp3) is 0.333. The van der Waals surface area contributed by atoms with Crippen LogP contribution in [-0.4, -0.2) is 26.3 Å². The normalized spacial score (nSPS) is 10.5. The SMILES string of the molecule is CCc1cc(NC(=O)c2c(C)c(C)n[nH]c2=O)n[nH]1. The van der Waals surface area contributed by atoms with Crippen LogP contribution in [0.2, 0.25) is 0 Å². The van der Waals surface area contributed by atoms with E-state index in [1.807, 2.05) is 6.92 Å². The molecule has 100 valence electrons. The maximum absolute atomic E-state index is 12.1. The summed E-state index contributed by atoms with van der Waals surface area (Å²) in [5.41, 5.74) is 1.64. The zero-order valence-electron chi connectivity index (χ0n) is 11.0. The van der Waals surface area contributed by atoms with Gasteiger partial charge >= 0.3 is 0 Å². The second-order valence-electron chi connectivity index (χ2n) is 4.22. The molecule has 0 aromatic carbocycles. The van der Waals surface area contributed by atoms with E-state index in [1.165, 1.54) is 0 Å². The van der Waals surface area contributed by atoms with Gasteiger partial charge in [0.05, 0.1) is 5.69 Å². The van der Waals surface area contributed by atoms with E-state index in [0.717, 1.165) is 12.1 Å². The fourth-order valence-corrected chi connectivity index (χ4v) is 1.68. The van der Waals surface area contributed by atoms with Crippen LogP contribution in [0.25, 0.3) is 0 Å². The highest BCUT2D eigenvalue weighted by atomic mass is 16.2. The first-order valence-corrected chi connectivity index (χ1v) is 5.94. The third-order valence-electron chi connectivity index (χ3n) is 2.95. The van der Waals surface area contributed by atoms with Crippen molar-refractivity contribution in [2.24, 2.45) is 0 Å². The lowest BCUT2D eigenvalue weighted by atomic mass is 10.1. The average molecular weight is 261 g/mol. The summed E-state index contributed by atoms with van der Waals surface area (Å²) in [6.45, 7) is 5.39. The van der Waals surface area contributed by atoms with Crippen LogP contribution in [0.3, 0.4) is 0 Å². The third kappa shape index (κ3) is 2.54. The Bertz CT molecular complexity index is 671. The molecule has 0 unspecified atom stereocenters. The summed E-state index contributed by atoms with van der Waals surface area (Å²) >= 11 is 0. The standard InChI is InChI=1S/C12H15N5O2/c1-4-8-5-9(16-15-8)13-11(18)10-6(2)7(3)14-17-12(10)19/h5H,4H2,1-3H3,(H,17,19)(H2,13,15,16,18). The quantitative estimate of drug-likeness (QED) is 0.764. The lowest BCUT2D eigenvalue weighted by molar-refractivity contribution is 0.102. The van der Waals surface area contributed by atoms with E-state index in [9.17, 15) is 9.59 Å². The molecule has 2 aromatic rings. The molecule has 7 heteroatoms. The molecule has 0 saturated carbocycles. The molecule has 0 saturated heterocycles. The molecule has 0 fully saturated rings. The zero-order valence-corrected chi connectivity index (χ0v) is 11.0. The van der Waals surface area contributed by atoms with E-state index < -0.39 is 11.5 Å². The minimum Gasteiger partial charge on any atom is -0.305 e. The van der Waals surface area contributed by atoms with E-state index in [0.29, 0.717) is 17.1 Å². The van der Waals surface area contributed by atoms with Crippen molar-refractivity contribution in [1.82, 2.24) is 20.4 Å². The van der Waals surface area contributed by atoms with Crippen molar-refractivity contribution >= 4 is 11.7 Å². The minimum absolute atomic E-state index is 0.0635. The van der Waals surface area contributed by atoms with Gasteiger partial charge in [0, 0.05) is 11.8 Å². The Hall–Kier alpha value is -2.44. The molecule has 19 heavy (non-hydrogen) atoms. The van der Waals surface area contributed by atoms with Gasteiger partial charge in [-0.05, 0) is 25.8 Å². The Morgan fingerprint density at radius 1 is 1.32 bits per heavy atom. The van der Waals surface area contributed by atoms with Crippen LogP contribution in [0, 0.1) is 13.8 Å². The molecule has 0 atom stereocenters. The minimum atomic E-state index is -0.508. The number of H-pyrrole nitrogens is 2. The molecule has 0 aliphatic rings. The van der Waals surface area contributed by atoms with Crippen LogP contribution in [0.15, 0.2) is 10.9 Å². The summed E-state index contributed by atoms with van der Waals surface area (Å²) < 4.78 is 0. The Labute approximate surface area is 109 Å². The van der Waals surface area contributed by atoms with Crippen LogP contribution in [0.4, 0.5) is 5.82 Å². The Kier molecular flexibility index (Phi) is 3.46. The first-order chi connectivity index (χ1) is 9.02. The second-order valence-corrected chi connectivity index (χ2v) is 4.22. The van der Waals surface area contributed by atoms with Crippen molar-refractivity contribution in [1.29, 1.82) is 0 Å². The Balaban J connectivity index is 2.30. The second kappa shape index (κ2) is 5.05. The molecule has 0 aliphatic heterocycles. The van der Waals surface area contributed by atoms with Crippen LogP contribution in [0.5, 0.6) is 0 Å². The number of hydrogen-bond donors (Lipinski definition) is 3. The molecule has 7 nitrogen and oxygen atoms in total. The maximum Gasteiger partial charge on any atom is 0.277 e. The molecule has 0 spiro atoms. The highest BCUT2D eigenvalue weighted by Crippen LogP contribution is 2.10. The summed E-state index contributed by atoms with van der Waals surface area (Å²) in [5, 5.41) is 15.4. The van der Waals surface area contributed by atoms with Crippen molar-refractivity contribution in [2.75, 3.05) is 5.32 Å². The van der Waals surface area contributed by atoms with Gasteiger partial charge in [-0.3, -0.25) is 14.7 Å². The fourth-order valence-electron chi connectivity index (χ4n) is 1.68. The van der Waals surface area contributed by atoms with Crippen molar-refractivity contribution in [3.63, 3.8) is 0 Å². The summed E-state index contributed by atoms with van der Waals surface area (Å²) in [6, 6.07) is 1.73. The van der Waals surface area contributed by atoms with E-state index in [2.05, 4.69) is 25.7 Å². The third-order valence-corrected chi connectivity index (χ3v) is 2.95. The monoisotopic (exact) mass is 261 g/mol. The summed E-state index contributed by atoms with van der Waals surface area (Å²) in [6.07, 6.45) is 0.789. The molecule has 0 aliphatic carbocycles. The Morgan fingerprint density at radius 3 is 2.68 bits per heavy atom. The first-order valence-electron chi connectivity index (χ1n) is 5.94. The molecule has 1 amide bonds. The summed E-state index contributed by atoms with van der Waals surface area (Å²) in [5.74, 6) is -0.0893. The number of aryl methyl sites for hydroxylation is 2. The van der Waals surface area contributed by atoms with Crippen molar-refractivity contribution in [3.8, 4) is 0 Å². The number of hydrogen-bond acceptors (Lipinski definition) is 4. The summed E-state index contributed by atoms with van der Waals surface area (Å²) in [7, 11) is 0. The number of carbonyl (C=O) groups excluding carboxylic acids is 1. The average Bonchev–Trinajstić information content (AvgIpc) is 2.82. The van der Waals surface area contributed by atoms with Gasteiger partial charge in [0.15, 0.2) is 5.82 Å². The lowest BCUT2D eigenvalue weighted by Crippen LogP contribution is -2.26. The van der Waals surface area contributed by atoms with E-state index in [1.54, 1.807) is 19.9 Å². The molecule has 2 rings (SSSR count). The number of nitrogens with one attached hydrogen (secondary N) is 3. The van der Waals surface area contributed by atoms with Crippen LogP contribution in [0.1, 0.15) is 34.2 Å². The molecular formula is C12H15N5O2. The topological polar surface area (TPSA) is 104 Å². The molecule has 2 heterocycles. The van der Waals surface area contributed by atoms with Gasteiger partial charge < -0.3 is 5.32 Å². The van der Waals surface area contributed by atoms with Crippen molar-refractivity contribution < 1.29 is 4.79 Å². The van der Waals surface area contributed by atoms with Crippen LogP contribution < -0.4 is 10.9 Å². The predicted octanol–water partition coefficient (Wildman–Crippen LogP) is 0.925. The first kappa shape index (κ1) is 13.0. The van der Waals surface area contributed by atoms with E-state index in [4.69, 9.17) is 0 Å². The number of anilines is 1. The van der Waals surface area contributed by atoms with Gasteiger partial charge in [-0.1, -0.05) is 6.92 Å². The zero-order chi connectivity index (χ0) is 14.0.